The SMILES string of the molecule is CCC(C)Sc1ccc(NC(=O)Cn2ccc(C(F)(F)F)n2)c(C)c1. The molecular weight excluding hydrogens is 351 g/mol. The van der Waals surface area contributed by atoms with Crippen LogP contribution in [0.1, 0.15) is 31.5 Å². The maximum atomic E-state index is 12.5. The number of hydrogen-bond acceptors (Lipinski definition) is 3. The lowest BCUT2D eigenvalue weighted by molar-refractivity contribution is -0.141. The highest BCUT2D eigenvalue weighted by molar-refractivity contribution is 7.99. The van der Waals surface area contributed by atoms with Crippen LogP contribution >= 0.6 is 11.8 Å². The summed E-state index contributed by atoms with van der Waals surface area (Å²) in [6, 6.07) is 6.57. The maximum absolute atomic E-state index is 12.5. The van der Waals surface area contributed by atoms with Gasteiger partial charge in [0.05, 0.1) is 0 Å². The van der Waals surface area contributed by atoms with E-state index in [1.165, 1.54) is 0 Å². The molecule has 2 aromatic rings. The maximum Gasteiger partial charge on any atom is 0.435 e. The molecule has 2 rings (SSSR count). The van der Waals surface area contributed by atoms with E-state index < -0.39 is 17.8 Å². The Kier molecular flexibility index (Phi) is 6.16. The number of carbonyl (C=O) groups excluding carboxylic acids is 1. The lowest BCUT2D eigenvalue weighted by atomic mass is 10.2. The van der Waals surface area contributed by atoms with Crippen molar-refractivity contribution >= 4 is 23.4 Å². The van der Waals surface area contributed by atoms with E-state index in [4.69, 9.17) is 0 Å². The third kappa shape index (κ3) is 5.52. The van der Waals surface area contributed by atoms with Gasteiger partial charge in [-0.3, -0.25) is 9.48 Å². The van der Waals surface area contributed by atoms with Crippen LogP contribution in [0.2, 0.25) is 0 Å². The number of anilines is 1. The lowest BCUT2D eigenvalue weighted by Gasteiger charge is -2.12. The molecule has 0 bridgehead atoms. The number of benzene rings is 1. The molecule has 1 aromatic heterocycles. The average molecular weight is 371 g/mol. The number of halogens is 3. The number of hydrogen-bond donors (Lipinski definition) is 1. The third-order valence-electron chi connectivity index (χ3n) is 3.62. The Labute approximate surface area is 148 Å². The van der Waals surface area contributed by atoms with E-state index >= 15 is 0 Å². The second kappa shape index (κ2) is 7.95. The minimum absolute atomic E-state index is 0.279. The summed E-state index contributed by atoms with van der Waals surface area (Å²) >= 11 is 1.76. The molecule has 0 aliphatic heterocycles. The van der Waals surface area contributed by atoms with Gasteiger partial charge in [0.25, 0.3) is 0 Å². The number of aromatic nitrogens is 2. The molecule has 0 spiro atoms. The van der Waals surface area contributed by atoms with E-state index in [1.807, 2.05) is 25.1 Å². The predicted molar refractivity (Wildman–Crippen MR) is 92.6 cm³/mol. The van der Waals surface area contributed by atoms with Gasteiger partial charge in [-0.2, -0.15) is 18.3 Å². The number of nitrogens with one attached hydrogen (secondary N) is 1. The molecule has 136 valence electrons. The molecule has 4 nitrogen and oxygen atoms in total. The van der Waals surface area contributed by atoms with Gasteiger partial charge < -0.3 is 5.32 Å². The molecule has 8 heteroatoms. The van der Waals surface area contributed by atoms with Gasteiger partial charge in [0, 0.05) is 22.0 Å². The van der Waals surface area contributed by atoms with Crippen molar-refractivity contribution in [1.82, 2.24) is 9.78 Å². The fourth-order valence-electron chi connectivity index (χ4n) is 2.10. The van der Waals surface area contributed by atoms with Crippen LogP contribution in [0, 0.1) is 6.92 Å². The number of aryl methyl sites for hydroxylation is 1. The minimum Gasteiger partial charge on any atom is -0.324 e. The summed E-state index contributed by atoms with van der Waals surface area (Å²) in [7, 11) is 0. The summed E-state index contributed by atoms with van der Waals surface area (Å²) in [5.74, 6) is -0.428. The smallest absolute Gasteiger partial charge is 0.324 e. The van der Waals surface area contributed by atoms with E-state index in [2.05, 4.69) is 24.3 Å². The fourth-order valence-corrected chi connectivity index (χ4v) is 3.13. The van der Waals surface area contributed by atoms with Crippen molar-refractivity contribution in [3.05, 3.63) is 41.7 Å². The molecule has 1 heterocycles. The second-order valence-corrected chi connectivity index (χ2v) is 7.27. The molecule has 1 unspecified atom stereocenters. The van der Waals surface area contributed by atoms with Crippen LogP contribution in [0.15, 0.2) is 35.4 Å². The van der Waals surface area contributed by atoms with E-state index in [1.54, 1.807) is 11.8 Å². The minimum atomic E-state index is -4.51. The van der Waals surface area contributed by atoms with E-state index in [0.717, 1.165) is 33.8 Å². The van der Waals surface area contributed by atoms with E-state index in [0.29, 0.717) is 10.9 Å². The van der Waals surface area contributed by atoms with Gasteiger partial charge in [0.15, 0.2) is 5.69 Å². The molecule has 25 heavy (non-hydrogen) atoms. The largest absolute Gasteiger partial charge is 0.435 e. The average Bonchev–Trinajstić information content (AvgIpc) is 2.98. The quantitative estimate of drug-likeness (QED) is 0.746. The highest BCUT2D eigenvalue weighted by Gasteiger charge is 2.33. The molecule has 1 N–H and O–H groups in total. The summed E-state index contributed by atoms with van der Waals surface area (Å²) < 4.78 is 38.5. The molecule has 0 saturated carbocycles. The molecule has 0 saturated heterocycles. The van der Waals surface area contributed by atoms with Crippen molar-refractivity contribution in [2.24, 2.45) is 0 Å². The van der Waals surface area contributed by atoms with Gasteiger partial charge in [-0.15, -0.1) is 11.8 Å². The first-order valence-corrected chi connectivity index (χ1v) is 8.74. The molecule has 1 aromatic carbocycles. The van der Waals surface area contributed by atoms with Gasteiger partial charge in [0.1, 0.15) is 6.54 Å². The molecular formula is C17H20F3N3OS. The van der Waals surface area contributed by atoms with E-state index in [-0.39, 0.29) is 6.54 Å². The molecule has 0 fully saturated rings. The predicted octanol–water partition coefficient (Wildman–Crippen LogP) is 4.74. The first-order valence-electron chi connectivity index (χ1n) is 7.87. The highest BCUT2D eigenvalue weighted by atomic mass is 32.2. The Balaban J connectivity index is 1.99. The zero-order chi connectivity index (χ0) is 18.6. The topological polar surface area (TPSA) is 46.9 Å². The van der Waals surface area contributed by atoms with Gasteiger partial charge in [0.2, 0.25) is 5.91 Å². The summed E-state index contributed by atoms with van der Waals surface area (Å²) in [6.45, 7) is 5.87. The van der Waals surface area contributed by atoms with Crippen LogP contribution in [0.3, 0.4) is 0 Å². The van der Waals surface area contributed by atoms with Crippen LogP contribution in [0.25, 0.3) is 0 Å². The van der Waals surface area contributed by atoms with Crippen molar-refractivity contribution in [3.63, 3.8) is 0 Å². The van der Waals surface area contributed by atoms with Crippen molar-refractivity contribution in [2.45, 2.75) is 50.1 Å². The Hall–Kier alpha value is -1.96. The number of amides is 1. The summed E-state index contributed by atoms with van der Waals surface area (Å²) in [5, 5.41) is 6.58. The van der Waals surface area contributed by atoms with Gasteiger partial charge >= 0.3 is 6.18 Å². The second-order valence-electron chi connectivity index (χ2n) is 5.76. The third-order valence-corrected chi connectivity index (χ3v) is 4.88. The van der Waals surface area contributed by atoms with Crippen LogP contribution in [-0.2, 0) is 17.5 Å². The van der Waals surface area contributed by atoms with Crippen molar-refractivity contribution in [1.29, 1.82) is 0 Å². The number of rotatable bonds is 6. The highest BCUT2D eigenvalue weighted by Crippen LogP contribution is 2.29. The molecule has 1 atom stereocenters. The van der Waals surface area contributed by atoms with Crippen LogP contribution in [0.4, 0.5) is 18.9 Å². The Morgan fingerprint density at radius 2 is 2.08 bits per heavy atom. The molecule has 0 radical (unpaired) electrons. The Morgan fingerprint density at radius 3 is 2.64 bits per heavy atom. The first-order chi connectivity index (χ1) is 11.7. The summed E-state index contributed by atoms with van der Waals surface area (Å²) in [4.78, 5) is 13.2. The number of thioether (sulfide) groups is 1. The Morgan fingerprint density at radius 1 is 1.36 bits per heavy atom. The van der Waals surface area contributed by atoms with Crippen LogP contribution in [0.5, 0.6) is 0 Å². The lowest BCUT2D eigenvalue weighted by Crippen LogP contribution is -2.20. The van der Waals surface area contributed by atoms with Gasteiger partial charge in [-0.05, 0) is 43.2 Å². The summed E-state index contributed by atoms with van der Waals surface area (Å²) in [5.41, 5.74) is 0.530. The van der Waals surface area contributed by atoms with Crippen LogP contribution < -0.4 is 5.32 Å². The monoisotopic (exact) mass is 371 g/mol. The standard InChI is InChI=1S/C17H20F3N3OS/c1-4-12(3)25-13-5-6-14(11(2)9-13)21-16(24)10-23-8-7-15(22-23)17(18,19)20/h5-9,12H,4,10H2,1-3H3,(H,21,24). The Bertz CT molecular complexity index is 743. The number of alkyl halides is 3. The van der Waals surface area contributed by atoms with Crippen molar-refractivity contribution in [2.75, 3.05) is 5.32 Å². The zero-order valence-electron chi connectivity index (χ0n) is 14.2. The molecule has 0 aliphatic carbocycles. The van der Waals surface area contributed by atoms with Crippen LogP contribution in [-0.4, -0.2) is 20.9 Å². The number of nitrogens with zero attached hydrogens (tertiary/aromatic N) is 2. The van der Waals surface area contributed by atoms with Crippen molar-refractivity contribution in [3.8, 4) is 0 Å². The summed E-state index contributed by atoms with van der Waals surface area (Å²) in [6.07, 6.45) is -2.31. The van der Waals surface area contributed by atoms with Gasteiger partial charge in [-0.1, -0.05) is 13.8 Å². The van der Waals surface area contributed by atoms with Crippen molar-refractivity contribution < 1.29 is 18.0 Å². The van der Waals surface area contributed by atoms with Gasteiger partial charge in [-0.25, -0.2) is 0 Å². The number of carbonyl (C=O) groups is 1. The fraction of sp³-hybridized carbons (Fsp3) is 0.412. The zero-order valence-corrected chi connectivity index (χ0v) is 15.0. The normalized spacial score (nSPS) is 12.9. The molecule has 1 amide bonds. The van der Waals surface area contributed by atoms with E-state index in [9.17, 15) is 18.0 Å². The molecule has 0 aliphatic rings. The first kappa shape index (κ1) is 19.4.